The first-order valence-corrected chi connectivity index (χ1v) is 7.66. The number of methoxy groups -OCH3 is 1. The fourth-order valence-electron chi connectivity index (χ4n) is 2.57. The lowest BCUT2D eigenvalue weighted by Crippen LogP contribution is -2.39. The lowest BCUT2D eigenvalue weighted by atomic mass is 9.87. The van der Waals surface area contributed by atoms with Crippen molar-refractivity contribution in [3.8, 4) is 5.88 Å². The average Bonchev–Trinajstić information content (AvgIpc) is 2.63. The molecule has 0 aliphatic heterocycles. The van der Waals surface area contributed by atoms with Crippen LogP contribution in [0, 0.1) is 11.7 Å². The van der Waals surface area contributed by atoms with E-state index in [4.69, 9.17) is 15.3 Å². The van der Waals surface area contributed by atoms with Crippen molar-refractivity contribution < 1.29 is 28.2 Å². The summed E-state index contributed by atoms with van der Waals surface area (Å²) >= 11 is 0. The number of nitrogens with one attached hydrogen (secondary N) is 2. The Morgan fingerprint density at radius 2 is 1.92 bits per heavy atom. The number of hydrogen-bond donors (Lipinski definition) is 3. The molecule has 1 heterocycles. The summed E-state index contributed by atoms with van der Waals surface area (Å²) in [6.45, 7) is 0. The molecule has 1 aromatic heterocycles. The normalized spacial score (nSPS) is 19.6. The number of nitrogens with two attached hydrogens (primary N) is 1. The molecule has 1 saturated carbocycles. The summed E-state index contributed by atoms with van der Waals surface area (Å²) < 4.78 is 24.3. The van der Waals surface area contributed by atoms with Crippen LogP contribution >= 0.6 is 0 Å². The maximum atomic E-state index is 14.1. The van der Waals surface area contributed by atoms with E-state index in [1.165, 1.54) is 13.3 Å². The van der Waals surface area contributed by atoms with Crippen molar-refractivity contribution in [3.63, 3.8) is 0 Å². The smallest absolute Gasteiger partial charge is 0.323 e. The van der Waals surface area contributed by atoms with Crippen LogP contribution < -0.4 is 21.3 Å². The third-order valence-corrected chi connectivity index (χ3v) is 3.89. The predicted octanol–water partition coefficient (Wildman–Crippen LogP) is 0.260. The van der Waals surface area contributed by atoms with Crippen molar-refractivity contribution in [1.29, 1.82) is 0 Å². The Bertz CT molecular complexity index is 661. The van der Waals surface area contributed by atoms with E-state index in [9.17, 15) is 18.8 Å². The van der Waals surface area contributed by atoms with Gasteiger partial charge in [0.15, 0.2) is 5.82 Å². The minimum absolute atomic E-state index is 0.00662. The van der Waals surface area contributed by atoms with E-state index in [1.807, 2.05) is 0 Å². The quantitative estimate of drug-likeness (QED) is 0.232. The molecule has 0 unspecified atom stereocenters. The second-order valence-corrected chi connectivity index (χ2v) is 5.55. The summed E-state index contributed by atoms with van der Waals surface area (Å²) in [4.78, 5) is 37.6. The minimum atomic E-state index is -1.07. The number of carbonyl (C=O) groups excluding carboxylic acids is 3. The van der Waals surface area contributed by atoms with E-state index in [0.29, 0.717) is 25.7 Å². The third kappa shape index (κ3) is 4.86. The van der Waals surface area contributed by atoms with Gasteiger partial charge in [-0.15, -0.1) is 0 Å². The molecule has 1 aliphatic rings. The molecule has 0 atom stereocenters. The van der Waals surface area contributed by atoms with Gasteiger partial charge in [-0.2, -0.15) is 0 Å². The molecule has 1 aliphatic carbocycles. The number of halogens is 1. The molecule has 25 heavy (non-hydrogen) atoms. The first-order chi connectivity index (χ1) is 11.9. The minimum Gasteiger partial charge on any atom is -0.472 e. The predicted molar refractivity (Wildman–Crippen MR) is 83.5 cm³/mol. The van der Waals surface area contributed by atoms with Crippen LogP contribution in [0.5, 0.6) is 5.88 Å². The van der Waals surface area contributed by atoms with Crippen LogP contribution in [0.4, 0.5) is 10.1 Å². The van der Waals surface area contributed by atoms with E-state index in [1.54, 1.807) is 5.43 Å². The van der Waals surface area contributed by atoms with Gasteiger partial charge >= 0.3 is 17.8 Å². The standard InChI is InChI=1S/C15H19FN4O5/c1-24-15(23)8-2-4-10(5-3-8)25-14-11(16)6-9(7-18-14)19-12(21)13(22)20-17/h6-8,10H,2-5,17H2,1H3,(H,19,21)(H,20,22)/t8-,10-. The highest BCUT2D eigenvalue weighted by molar-refractivity contribution is 6.39. The van der Waals surface area contributed by atoms with Gasteiger partial charge in [0, 0.05) is 6.07 Å². The topological polar surface area (TPSA) is 133 Å². The van der Waals surface area contributed by atoms with Gasteiger partial charge in [-0.25, -0.2) is 15.2 Å². The highest BCUT2D eigenvalue weighted by Crippen LogP contribution is 2.29. The fraction of sp³-hybridized carbons (Fsp3) is 0.467. The van der Waals surface area contributed by atoms with Crippen LogP contribution in [0.3, 0.4) is 0 Å². The zero-order chi connectivity index (χ0) is 18.4. The Hall–Kier alpha value is -2.75. The lowest BCUT2D eigenvalue weighted by Gasteiger charge is -2.27. The van der Waals surface area contributed by atoms with Crippen molar-refractivity contribution in [2.45, 2.75) is 31.8 Å². The fourth-order valence-corrected chi connectivity index (χ4v) is 2.57. The number of esters is 1. The van der Waals surface area contributed by atoms with Crippen LogP contribution in [0.15, 0.2) is 12.3 Å². The van der Waals surface area contributed by atoms with E-state index >= 15 is 0 Å². The van der Waals surface area contributed by atoms with E-state index < -0.39 is 17.6 Å². The molecule has 0 bridgehead atoms. The molecular weight excluding hydrogens is 335 g/mol. The number of aromatic nitrogens is 1. The van der Waals surface area contributed by atoms with Crippen molar-refractivity contribution in [2.24, 2.45) is 11.8 Å². The largest absolute Gasteiger partial charge is 0.472 e. The molecule has 1 aromatic rings. The molecular formula is C15H19FN4O5. The average molecular weight is 354 g/mol. The highest BCUT2D eigenvalue weighted by atomic mass is 19.1. The number of hydrazine groups is 1. The Morgan fingerprint density at radius 1 is 1.24 bits per heavy atom. The van der Waals surface area contributed by atoms with Crippen LogP contribution in [0.1, 0.15) is 25.7 Å². The van der Waals surface area contributed by atoms with Gasteiger partial charge in [-0.05, 0) is 25.7 Å². The van der Waals surface area contributed by atoms with E-state index in [0.717, 1.165) is 6.07 Å². The lowest BCUT2D eigenvalue weighted by molar-refractivity contribution is -0.147. The van der Waals surface area contributed by atoms with E-state index in [-0.39, 0.29) is 29.6 Å². The number of anilines is 1. The van der Waals surface area contributed by atoms with E-state index in [2.05, 4.69) is 10.3 Å². The highest BCUT2D eigenvalue weighted by Gasteiger charge is 2.28. The second kappa shape index (κ2) is 8.38. The molecule has 4 N–H and O–H groups in total. The Balaban J connectivity index is 1.92. The van der Waals surface area contributed by atoms with Crippen molar-refractivity contribution >= 4 is 23.5 Å². The summed E-state index contributed by atoms with van der Waals surface area (Å²) in [6.07, 6.45) is 3.26. The number of carbonyl (C=O) groups is 3. The third-order valence-electron chi connectivity index (χ3n) is 3.89. The molecule has 0 saturated heterocycles. The Labute approximate surface area is 143 Å². The Morgan fingerprint density at radius 3 is 2.48 bits per heavy atom. The summed E-state index contributed by atoms with van der Waals surface area (Å²) in [7, 11) is 1.35. The van der Waals surface area contributed by atoms with Crippen molar-refractivity contribution in [3.05, 3.63) is 18.1 Å². The van der Waals surface area contributed by atoms with Gasteiger partial charge < -0.3 is 14.8 Å². The Kier molecular flexibility index (Phi) is 6.23. The van der Waals surface area contributed by atoms with Gasteiger partial charge in [0.05, 0.1) is 24.9 Å². The van der Waals surface area contributed by atoms with Gasteiger partial charge in [-0.3, -0.25) is 19.8 Å². The molecule has 0 radical (unpaired) electrons. The molecule has 10 heteroatoms. The summed E-state index contributed by atoms with van der Waals surface area (Å²) in [6, 6.07) is 0.990. The first-order valence-electron chi connectivity index (χ1n) is 7.66. The first kappa shape index (κ1) is 18.6. The molecule has 136 valence electrons. The van der Waals surface area contributed by atoms with Gasteiger partial charge in [0.1, 0.15) is 6.10 Å². The van der Waals surface area contributed by atoms with Crippen molar-refractivity contribution in [1.82, 2.24) is 10.4 Å². The zero-order valence-corrected chi connectivity index (χ0v) is 13.6. The van der Waals surface area contributed by atoms with Crippen LogP contribution in [-0.4, -0.2) is 36.0 Å². The molecule has 1 fully saturated rings. The number of nitrogens with zero attached hydrogens (tertiary/aromatic N) is 1. The van der Waals surface area contributed by atoms with Crippen LogP contribution in [0.2, 0.25) is 0 Å². The van der Waals surface area contributed by atoms with Crippen LogP contribution in [-0.2, 0) is 19.1 Å². The molecule has 2 amide bonds. The molecule has 0 aromatic carbocycles. The van der Waals surface area contributed by atoms with Gasteiger partial charge in [-0.1, -0.05) is 0 Å². The molecule has 9 nitrogen and oxygen atoms in total. The maximum Gasteiger partial charge on any atom is 0.323 e. The summed E-state index contributed by atoms with van der Waals surface area (Å²) in [5.74, 6) is 1.33. The maximum absolute atomic E-state index is 14.1. The zero-order valence-electron chi connectivity index (χ0n) is 13.6. The number of ether oxygens (including phenoxy) is 2. The summed E-state index contributed by atoms with van der Waals surface area (Å²) in [5, 5.41) is 2.15. The van der Waals surface area contributed by atoms with Crippen molar-refractivity contribution in [2.75, 3.05) is 12.4 Å². The monoisotopic (exact) mass is 354 g/mol. The number of amides is 2. The van der Waals surface area contributed by atoms with Gasteiger partial charge in [0.2, 0.25) is 0 Å². The molecule has 2 rings (SSSR count). The number of pyridine rings is 1. The van der Waals surface area contributed by atoms with Crippen LogP contribution in [0.25, 0.3) is 0 Å². The SMILES string of the molecule is COC(=O)[C@H]1CC[C@H](Oc2ncc(NC(=O)C(=O)NN)cc2F)CC1. The summed E-state index contributed by atoms with van der Waals surface area (Å²) in [5.41, 5.74) is 1.65. The van der Waals surface area contributed by atoms with Gasteiger partial charge in [0.25, 0.3) is 5.88 Å². The molecule has 0 spiro atoms. The number of hydrogen-bond acceptors (Lipinski definition) is 7. The second-order valence-electron chi connectivity index (χ2n) is 5.55. The number of rotatable bonds is 4.